The highest BCUT2D eigenvalue weighted by atomic mass is 16.4. The number of allylic oxidation sites excluding steroid dienone is 1. The molecule has 16 heavy (non-hydrogen) atoms. The molecule has 0 unspecified atom stereocenters. The number of urea groups is 1. The van der Waals surface area contributed by atoms with Gasteiger partial charge in [0.05, 0.1) is 0 Å². The normalized spacial score (nSPS) is 20.3. The first-order valence-corrected chi connectivity index (χ1v) is 5.55. The summed E-state index contributed by atoms with van der Waals surface area (Å²) < 4.78 is 0. The Hall–Kier alpha value is -1.52. The highest BCUT2D eigenvalue weighted by Crippen LogP contribution is 2.17. The van der Waals surface area contributed by atoms with Crippen LogP contribution < -0.4 is 5.32 Å². The van der Waals surface area contributed by atoms with Crippen molar-refractivity contribution in [2.45, 2.75) is 32.2 Å². The Morgan fingerprint density at radius 3 is 2.94 bits per heavy atom. The van der Waals surface area contributed by atoms with Gasteiger partial charge in [0.15, 0.2) is 0 Å². The minimum atomic E-state index is -0.916. The standard InChI is InChI=1S/C11H18N2O3/c1-2-3-4-7-12-11(16)13-8-5-6-9(13)10(14)15/h2-3,9H,4-8H2,1H3,(H,12,16)(H,14,15)/b3-2+/t9-/m0/s1. The third-order valence-electron chi connectivity index (χ3n) is 2.62. The molecule has 5 nitrogen and oxygen atoms in total. The number of nitrogens with one attached hydrogen (secondary N) is 1. The Bertz CT molecular complexity index is 289. The van der Waals surface area contributed by atoms with Crippen LogP contribution in [0, 0.1) is 0 Å². The molecule has 5 heteroatoms. The number of rotatable bonds is 4. The van der Waals surface area contributed by atoms with Gasteiger partial charge in [-0.3, -0.25) is 0 Å². The smallest absolute Gasteiger partial charge is 0.326 e. The van der Waals surface area contributed by atoms with Gasteiger partial charge in [-0.25, -0.2) is 9.59 Å². The molecule has 1 aliphatic heterocycles. The number of carboxylic acids is 1. The van der Waals surface area contributed by atoms with Crippen molar-refractivity contribution in [3.63, 3.8) is 0 Å². The van der Waals surface area contributed by atoms with Crippen molar-refractivity contribution in [3.05, 3.63) is 12.2 Å². The van der Waals surface area contributed by atoms with E-state index in [1.165, 1.54) is 4.90 Å². The SMILES string of the molecule is C/C=C/CCNC(=O)N1CCC[C@H]1C(=O)O. The van der Waals surface area contributed by atoms with Gasteiger partial charge in [-0.2, -0.15) is 0 Å². The average Bonchev–Trinajstić information content (AvgIpc) is 2.73. The van der Waals surface area contributed by atoms with Crippen LogP contribution in [0.5, 0.6) is 0 Å². The number of nitrogens with zero attached hydrogens (tertiary/aromatic N) is 1. The highest BCUT2D eigenvalue weighted by Gasteiger charge is 2.33. The second kappa shape index (κ2) is 6.15. The van der Waals surface area contributed by atoms with Crippen molar-refractivity contribution in [3.8, 4) is 0 Å². The van der Waals surface area contributed by atoms with E-state index in [9.17, 15) is 9.59 Å². The van der Waals surface area contributed by atoms with E-state index in [0.717, 1.165) is 12.8 Å². The number of hydrogen-bond acceptors (Lipinski definition) is 2. The second-order valence-corrected chi connectivity index (χ2v) is 3.78. The van der Waals surface area contributed by atoms with Crippen LogP contribution in [0.15, 0.2) is 12.2 Å². The Morgan fingerprint density at radius 2 is 2.31 bits per heavy atom. The quantitative estimate of drug-likeness (QED) is 0.559. The van der Waals surface area contributed by atoms with Crippen LogP contribution in [0.1, 0.15) is 26.2 Å². The predicted molar refractivity (Wildman–Crippen MR) is 60.2 cm³/mol. The molecular weight excluding hydrogens is 208 g/mol. The third kappa shape index (κ3) is 3.25. The monoisotopic (exact) mass is 226 g/mol. The summed E-state index contributed by atoms with van der Waals surface area (Å²) in [5, 5.41) is 11.6. The first-order chi connectivity index (χ1) is 7.66. The summed E-state index contributed by atoms with van der Waals surface area (Å²) in [6.45, 7) is 3.00. The summed E-state index contributed by atoms with van der Waals surface area (Å²) in [5.41, 5.74) is 0. The lowest BCUT2D eigenvalue weighted by molar-refractivity contribution is -0.141. The van der Waals surface area contributed by atoms with Crippen LogP contribution in [0.25, 0.3) is 0 Å². The number of carboxylic acid groups (broad SMARTS) is 1. The van der Waals surface area contributed by atoms with Crippen molar-refractivity contribution in [2.75, 3.05) is 13.1 Å². The van der Waals surface area contributed by atoms with E-state index in [2.05, 4.69) is 5.32 Å². The molecule has 0 aromatic heterocycles. The van der Waals surface area contributed by atoms with Gasteiger partial charge in [0.1, 0.15) is 6.04 Å². The predicted octanol–water partition coefficient (Wildman–Crippen LogP) is 1.21. The zero-order valence-electron chi connectivity index (χ0n) is 9.48. The molecule has 1 rings (SSSR count). The number of hydrogen-bond donors (Lipinski definition) is 2. The molecule has 0 aromatic rings. The van der Waals surface area contributed by atoms with E-state index < -0.39 is 12.0 Å². The van der Waals surface area contributed by atoms with Gasteiger partial charge in [0.2, 0.25) is 0 Å². The minimum Gasteiger partial charge on any atom is -0.480 e. The van der Waals surface area contributed by atoms with E-state index in [-0.39, 0.29) is 6.03 Å². The van der Waals surface area contributed by atoms with Gasteiger partial charge in [0, 0.05) is 13.1 Å². The van der Waals surface area contributed by atoms with Gasteiger partial charge < -0.3 is 15.3 Å². The van der Waals surface area contributed by atoms with Gasteiger partial charge in [-0.15, -0.1) is 0 Å². The van der Waals surface area contributed by atoms with Crippen LogP contribution in [-0.2, 0) is 4.79 Å². The molecule has 0 radical (unpaired) electrons. The first kappa shape index (κ1) is 12.5. The number of likely N-dealkylation sites (tertiary alicyclic amines) is 1. The fraction of sp³-hybridized carbons (Fsp3) is 0.636. The molecule has 1 saturated heterocycles. The minimum absolute atomic E-state index is 0.269. The van der Waals surface area contributed by atoms with E-state index in [0.29, 0.717) is 19.5 Å². The van der Waals surface area contributed by atoms with Crippen LogP contribution in [0.4, 0.5) is 4.79 Å². The van der Waals surface area contributed by atoms with Crippen molar-refractivity contribution in [2.24, 2.45) is 0 Å². The Morgan fingerprint density at radius 1 is 1.56 bits per heavy atom. The molecule has 0 aliphatic carbocycles. The lowest BCUT2D eigenvalue weighted by Gasteiger charge is -2.21. The zero-order valence-corrected chi connectivity index (χ0v) is 9.48. The molecule has 0 spiro atoms. The summed E-state index contributed by atoms with van der Waals surface area (Å²) >= 11 is 0. The molecule has 1 fully saturated rings. The number of aliphatic carboxylic acids is 1. The molecule has 0 bridgehead atoms. The van der Waals surface area contributed by atoms with Gasteiger partial charge in [-0.1, -0.05) is 12.2 Å². The number of carbonyl (C=O) groups excluding carboxylic acids is 1. The molecule has 0 saturated carbocycles. The lowest BCUT2D eigenvalue weighted by atomic mass is 10.2. The molecule has 1 atom stereocenters. The fourth-order valence-electron chi connectivity index (χ4n) is 1.80. The van der Waals surface area contributed by atoms with E-state index >= 15 is 0 Å². The Balaban J connectivity index is 2.38. The first-order valence-electron chi connectivity index (χ1n) is 5.55. The molecule has 0 aromatic carbocycles. The summed E-state index contributed by atoms with van der Waals surface area (Å²) in [7, 11) is 0. The van der Waals surface area contributed by atoms with Gasteiger partial charge in [-0.05, 0) is 26.2 Å². The van der Waals surface area contributed by atoms with E-state index in [4.69, 9.17) is 5.11 Å². The topological polar surface area (TPSA) is 69.6 Å². The average molecular weight is 226 g/mol. The molecule has 1 heterocycles. The van der Waals surface area contributed by atoms with Crippen molar-refractivity contribution >= 4 is 12.0 Å². The summed E-state index contributed by atoms with van der Waals surface area (Å²) in [6, 6.07) is -0.920. The van der Waals surface area contributed by atoms with Gasteiger partial charge in [0.25, 0.3) is 0 Å². The Labute approximate surface area is 95.1 Å². The highest BCUT2D eigenvalue weighted by molar-refractivity contribution is 5.83. The molecular formula is C11H18N2O3. The van der Waals surface area contributed by atoms with Crippen LogP contribution in [-0.4, -0.2) is 41.1 Å². The summed E-state index contributed by atoms with van der Waals surface area (Å²) in [6.07, 6.45) is 5.96. The van der Waals surface area contributed by atoms with E-state index in [1.807, 2.05) is 19.1 Å². The molecule has 1 aliphatic rings. The van der Waals surface area contributed by atoms with Crippen molar-refractivity contribution < 1.29 is 14.7 Å². The maximum Gasteiger partial charge on any atom is 0.326 e. The Kier molecular flexibility index (Phi) is 4.82. The molecule has 90 valence electrons. The molecule has 2 N–H and O–H groups in total. The fourth-order valence-corrected chi connectivity index (χ4v) is 1.80. The zero-order chi connectivity index (χ0) is 12.0. The van der Waals surface area contributed by atoms with Crippen LogP contribution >= 0.6 is 0 Å². The van der Waals surface area contributed by atoms with E-state index in [1.54, 1.807) is 0 Å². The number of carbonyl (C=O) groups is 2. The summed E-state index contributed by atoms with van der Waals surface area (Å²) in [5.74, 6) is -0.916. The van der Waals surface area contributed by atoms with Crippen molar-refractivity contribution in [1.29, 1.82) is 0 Å². The van der Waals surface area contributed by atoms with Crippen molar-refractivity contribution in [1.82, 2.24) is 10.2 Å². The second-order valence-electron chi connectivity index (χ2n) is 3.78. The van der Waals surface area contributed by atoms with Crippen LogP contribution in [0.2, 0.25) is 0 Å². The van der Waals surface area contributed by atoms with Gasteiger partial charge >= 0.3 is 12.0 Å². The largest absolute Gasteiger partial charge is 0.480 e. The lowest BCUT2D eigenvalue weighted by Crippen LogP contribution is -2.46. The maximum absolute atomic E-state index is 11.7. The molecule has 2 amide bonds. The number of amides is 2. The maximum atomic E-state index is 11.7. The summed E-state index contributed by atoms with van der Waals surface area (Å²) in [4.78, 5) is 23.9. The van der Waals surface area contributed by atoms with Crippen LogP contribution in [0.3, 0.4) is 0 Å². The third-order valence-corrected chi connectivity index (χ3v) is 2.62.